The van der Waals surface area contributed by atoms with Crippen molar-refractivity contribution in [2.75, 3.05) is 25.3 Å². The highest BCUT2D eigenvalue weighted by atomic mass is 32.2. The number of rotatable bonds is 7. The molecule has 0 aliphatic carbocycles. The van der Waals surface area contributed by atoms with Gasteiger partial charge in [0.05, 0.1) is 25.7 Å². The number of amides is 1. The van der Waals surface area contributed by atoms with Crippen LogP contribution in [0.2, 0.25) is 0 Å². The minimum absolute atomic E-state index is 0.0654. The fourth-order valence-corrected chi connectivity index (χ4v) is 2.94. The lowest BCUT2D eigenvalue weighted by Gasteiger charge is -2.13. The van der Waals surface area contributed by atoms with Crippen LogP contribution in [0.25, 0.3) is 0 Å². The number of hydrogen-bond acceptors (Lipinski definition) is 4. The van der Waals surface area contributed by atoms with Gasteiger partial charge in [-0.2, -0.15) is 0 Å². The van der Waals surface area contributed by atoms with E-state index in [2.05, 4.69) is 24.4 Å². The molecule has 0 radical (unpaired) electrons. The molecule has 1 N–H and O–H groups in total. The summed E-state index contributed by atoms with van der Waals surface area (Å²) >= 11 is 1.60. The molecular weight excluding hydrogens is 310 g/mol. The van der Waals surface area contributed by atoms with E-state index in [0.717, 1.165) is 0 Å². The first kappa shape index (κ1) is 17.2. The zero-order chi connectivity index (χ0) is 16.7. The second kappa shape index (κ2) is 8.48. The lowest BCUT2D eigenvalue weighted by atomic mass is 10.2. The quantitative estimate of drug-likeness (QED) is 0.828. The summed E-state index contributed by atoms with van der Waals surface area (Å²) in [4.78, 5) is 12.2. The number of benzene rings is 2. The highest BCUT2D eigenvalue weighted by Gasteiger charge is 2.12. The van der Waals surface area contributed by atoms with E-state index >= 15 is 0 Å². The standard InChI is InChI=1S/C18H21NO3S/c1-13(14-7-5-4-6-8-14)23-12-18(20)19-16-11-15(21-2)9-10-17(16)22-3/h4-11,13H,12H2,1-3H3,(H,19,20)/t13-/m1/s1. The van der Waals surface area contributed by atoms with E-state index in [1.165, 1.54) is 5.56 Å². The molecule has 0 unspecified atom stereocenters. The monoisotopic (exact) mass is 331 g/mol. The molecule has 0 aliphatic heterocycles. The predicted molar refractivity (Wildman–Crippen MR) is 95.5 cm³/mol. The molecule has 0 aliphatic rings. The van der Waals surface area contributed by atoms with Crippen LogP contribution in [-0.4, -0.2) is 25.9 Å². The molecule has 0 bridgehead atoms. The summed E-state index contributed by atoms with van der Waals surface area (Å²) < 4.78 is 10.4. The van der Waals surface area contributed by atoms with Crippen molar-refractivity contribution in [3.8, 4) is 11.5 Å². The lowest BCUT2D eigenvalue weighted by molar-refractivity contribution is -0.113. The van der Waals surface area contributed by atoms with Crippen LogP contribution in [0.15, 0.2) is 48.5 Å². The van der Waals surface area contributed by atoms with Gasteiger partial charge in [0, 0.05) is 11.3 Å². The first-order valence-electron chi connectivity index (χ1n) is 7.32. The third kappa shape index (κ3) is 4.93. The van der Waals surface area contributed by atoms with Gasteiger partial charge < -0.3 is 14.8 Å². The van der Waals surface area contributed by atoms with Gasteiger partial charge in [0.1, 0.15) is 11.5 Å². The molecule has 0 aromatic heterocycles. The molecule has 23 heavy (non-hydrogen) atoms. The van der Waals surface area contributed by atoms with Crippen molar-refractivity contribution in [3.63, 3.8) is 0 Å². The highest BCUT2D eigenvalue weighted by Crippen LogP contribution is 2.30. The van der Waals surface area contributed by atoms with Crippen LogP contribution in [0.5, 0.6) is 11.5 Å². The van der Waals surface area contributed by atoms with Gasteiger partial charge in [-0.15, -0.1) is 11.8 Å². The molecule has 122 valence electrons. The van der Waals surface area contributed by atoms with Crippen molar-refractivity contribution in [2.45, 2.75) is 12.2 Å². The van der Waals surface area contributed by atoms with Crippen molar-refractivity contribution in [2.24, 2.45) is 0 Å². The Labute approximate surface area is 141 Å². The van der Waals surface area contributed by atoms with Crippen LogP contribution in [0.4, 0.5) is 5.69 Å². The molecular formula is C18H21NO3S. The molecule has 0 heterocycles. The first-order valence-corrected chi connectivity index (χ1v) is 8.37. The molecule has 4 nitrogen and oxygen atoms in total. The van der Waals surface area contributed by atoms with Gasteiger partial charge >= 0.3 is 0 Å². The molecule has 0 saturated heterocycles. The van der Waals surface area contributed by atoms with Crippen LogP contribution < -0.4 is 14.8 Å². The lowest BCUT2D eigenvalue weighted by Crippen LogP contribution is -2.15. The maximum Gasteiger partial charge on any atom is 0.234 e. The summed E-state index contributed by atoms with van der Waals surface area (Å²) in [6, 6.07) is 15.5. The van der Waals surface area contributed by atoms with Crippen molar-refractivity contribution < 1.29 is 14.3 Å². The summed E-state index contributed by atoms with van der Waals surface area (Å²) in [5.41, 5.74) is 1.83. The normalized spacial score (nSPS) is 11.6. The van der Waals surface area contributed by atoms with Gasteiger partial charge in [-0.1, -0.05) is 30.3 Å². The van der Waals surface area contributed by atoms with Crippen molar-refractivity contribution in [3.05, 3.63) is 54.1 Å². The summed E-state index contributed by atoms with van der Waals surface area (Å²) in [6.07, 6.45) is 0. The maximum atomic E-state index is 12.2. The Morgan fingerprint density at radius 2 is 1.87 bits per heavy atom. The van der Waals surface area contributed by atoms with Gasteiger partial charge in [-0.05, 0) is 24.6 Å². The number of nitrogens with one attached hydrogen (secondary N) is 1. The molecule has 0 fully saturated rings. The zero-order valence-electron chi connectivity index (χ0n) is 13.5. The van der Waals surface area contributed by atoms with Crippen molar-refractivity contribution >= 4 is 23.4 Å². The minimum Gasteiger partial charge on any atom is -0.497 e. The number of carbonyl (C=O) groups is 1. The third-order valence-electron chi connectivity index (χ3n) is 3.41. The largest absolute Gasteiger partial charge is 0.497 e. The molecule has 1 atom stereocenters. The SMILES string of the molecule is COc1ccc(OC)c(NC(=O)CS[C@H](C)c2ccccc2)c1. The number of hydrogen-bond donors (Lipinski definition) is 1. The fourth-order valence-electron chi connectivity index (χ4n) is 2.12. The molecule has 1 amide bonds. The Balaban J connectivity index is 1.94. The molecule has 2 rings (SSSR count). The highest BCUT2D eigenvalue weighted by molar-refractivity contribution is 8.00. The van der Waals surface area contributed by atoms with E-state index in [9.17, 15) is 4.79 Å². The Kier molecular flexibility index (Phi) is 6.35. The third-order valence-corrected chi connectivity index (χ3v) is 4.62. The van der Waals surface area contributed by atoms with Crippen LogP contribution in [0.1, 0.15) is 17.7 Å². The fraction of sp³-hybridized carbons (Fsp3) is 0.278. The van der Waals surface area contributed by atoms with Gasteiger partial charge in [0.2, 0.25) is 5.91 Å². The Bertz CT molecular complexity index is 646. The number of ether oxygens (including phenoxy) is 2. The van der Waals surface area contributed by atoms with E-state index in [1.807, 2.05) is 18.2 Å². The van der Waals surface area contributed by atoms with Crippen LogP contribution in [0.3, 0.4) is 0 Å². The average molecular weight is 331 g/mol. The molecule has 2 aromatic rings. The van der Waals surface area contributed by atoms with E-state index in [0.29, 0.717) is 22.9 Å². The summed E-state index contributed by atoms with van der Waals surface area (Å²) in [7, 11) is 3.16. The smallest absolute Gasteiger partial charge is 0.234 e. The molecule has 2 aromatic carbocycles. The van der Waals surface area contributed by atoms with E-state index in [4.69, 9.17) is 9.47 Å². The van der Waals surface area contributed by atoms with Crippen molar-refractivity contribution in [1.29, 1.82) is 0 Å². The first-order chi connectivity index (χ1) is 11.1. The van der Waals surface area contributed by atoms with Crippen molar-refractivity contribution in [1.82, 2.24) is 0 Å². The van der Waals surface area contributed by atoms with Gasteiger partial charge in [0.15, 0.2) is 0 Å². The number of anilines is 1. The van der Waals surface area contributed by atoms with Gasteiger partial charge in [0.25, 0.3) is 0 Å². The second-order valence-electron chi connectivity index (χ2n) is 4.98. The number of thioether (sulfide) groups is 1. The topological polar surface area (TPSA) is 47.6 Å². The van der Waals surface area contributed by atoms with Gasteiger partial charge in [-0.25, -0.2) is 0 Å². The summed E-state index contributed by atoms with van der Waals surface area (Å²) in [6.45, 7) is 2.10. The molecule has 5 heteroatoms. The molecule has 0 saturated carbocycles. The average Bonchev–Trinajstić information content (AvgIpc) is 2.60. The Morgan fingerprint density at radius 3 is 2.52 bits per heavy atom. The minimum atomic E-state index is -0.0654. The number of methoxy groups -OCH3 is 2. The summed E-state index contributed by atoms with van der Waals surface area (Å²) in [5.74, 6) is 1.59. The Hall–Kier alpha value is -2.14. The summed E-state index contributed by atoms with van der Waals surface area (Å²) in [5, 5.41) is 3.14. The predicted octanol–water partition coefficient (Wildman–Crippen LogP) is 4.14. The zero-order valence-corrected chi connectivity index (χ0v) is 14.4. The van der Waals surface area contributed by atoms with E-state index in [-0.39, 0.29) is 11.2 Å². The van der Waals surface area contributed by atoms with E-state index in [1.54, 1.807) is 44.2 Å². The molecule has 0 spiro atoms. The van der Waals surface area contributed by atoms with Crippen LogP contribution in [0, 0.1) is 0 Å². The van der Waals surface area contributed by atoms with Gasteiger partial charge in [-0.3, -0.25) is 4.79 Å². The Morgan fingerprint density at radius 1 is 1.13 bits per heavy atom. The number of carbonyl (C=O) groups excluding carboxylic acids is 1. The van der Waals surface area contributed by atoms with Crippen LogP contribution in [-0.2, 0) is 4.79 Å². The maximum absolute atomic E-state index is 12.2. The van der Waals surface area contributed by atoms with Crippen LogP contribution >= 0.6 is 11.8 Å². The second-order valence-corrected chi connectivity index (χ2v) is 6.31. The van der Waals surface area contributed by atoms with E-state index < -0.39 is 0 Å².